The van der Waals surface area contributed by atoms with Crippen LogP contribution < -0.4 is 0 Å². The van der Waals surface area contributed by atoms with Gasteiger partial charge in [-0.25, -0.2) is 0 Å². The summed E-state index contributed by atoms with van der Waals surface area (Å²) in [5, 5.41) is 0. The first kappa shape index (κ1) is 8.76. The highest BCUT2D eigenvalue weighted by molar-refractivity contribution is 9.10. The summed E-state index contributed by atoms with van der Waals surface area (Å²) in [5.41, 5.74) is 0.674. The first-order chi connectivity index (χ1) is 6.02. The van der Waals surface area contributed by atoms with E-state index in [1.807, 2.05) is 0 Å². The lowest BCUT2D eigenvalue weighted by Gasteiger charge is -2.63. The lowest BCUT2D eigenvalue weighted by Crippen LogP contribution is -2.57. The van der Waals surface area contributed by atoms with Gasteiger partial charge >= 0.3 is 0 Å². The highest BCUT2D eigenvalue weighted by Gasteiger charge is 2.59. The zero-order chi connectivity index (χ0) is 9.27. The second-order valence-corrected chi connectivity index (χ2v) is 7.77. The summed E-state index contributed by atoms with van der Waals surface area (Å²) in [5.74, 6) is 2.99. The summed E-state index contributed by atoms with van der Waals surface area (Å²) in [7, 11) is 0. The highest BCUT2D eigenvalue weighted by atomic mass is 79.9. The molecule has 0 spiro atoms. The molecule has 0 aromatic rings. The minimum Gasteiger partial charge on any atom is -0.0850 e. The Labute approximate surface area is 89.6 Å². The van der Waals surface area contributed by atoms with Gasteiger partial charge in [-0.3, -0.25) is 0 Å². The second-order valence-electron chi connectivity index (χ2n) is 6.19. The van der Waals surface area contributed by atoms with E-state index in [0.29, 0.717) is 9.74 Å². The number of hydrogen-bond donors (Lipinski definition) is 0. The molecule has 0 amide bonds. The van der Waals surface area contributed by atoms with Crippen molar-refractivity contribution in [2.45, 2.75) is 50.3 Å². The first-order valence-corrected chi connectivity index (χ1v) is 6.50. The highest BCUT2D eigenvalue weighted by Crippen LogP contribution is 2.66. The second kappa shape index (κ2) is 2.35. The molecule has 4 saturated carbocycles. The molecule has 3 unspecified atom stereocenters. The summed E-state index contributed by atoms with van der Waals surface area (Å²) < 4.78 is 0.534. The van der Waals surface area contributed by atoms with E-state index in [4.69, 9.17) is 0 Å². The van der Waals surface area contributed by atoms with E-state index in [2.05, 4.69) is 29.8 Å². The van der Waals surface area contributed by atoms with Gasteiger partial charge in [-0.2, -0.15) is 0 Å². The van der Waals surface area contributed by atoms with Crippen LogP contribution in [0.15, 0.2) is 0 Å². The van der Waals surface area contributed by atoms with Crippen LogP contribution in [0.25, 0.3) is 0 Å². The third-order valence-corrected chi connectivity index (χ3v) is 6.59. The lowest BCUT2D eigenvalue weighted by atomic mass is 9.46. The van der Waals surface area contributed by atoms with Gasteiger partial charge in [0.1, 0.15) is 0 Å². The quantitative estimate of drug-likeness (QED) is 0.564. The molecule has 0 aliphatic heterocycles. The molecule has 0 heterocycles. The van der Waals surface area contributed by atoms with Gasteiger partial charge in [0.05, 0.1) is 0 Å². The van der Waals surface area contributed by atoms with Gasteiger partial charge in [-0.05, 0) is 55.3 Å². The van der Waals surface area contributed by atoms with Crippen LogP contribution in [0, 0.1) is 23.2 Å². The van der Waals surface area contributed by atoms with Crippen molar-refractivity contribution in [1.82, 2.24) is 0 Å². The average molecular weight is 243 g/mol. The molecule has 4 fully saturated rings. The summed E-state index contributed by atoms with van der Waals surface area (Å²) in [4.78, 5) is 0. The van der Waals surface area contributed by atoms with Crippen molar-refractivity contribution in [3.63, 3.8) is 0 Å². The van der Waals surface area contributed by atoms with Gasteiger partial charge in [-0.1, -0.05) is 29.8 Å². The maximum atomic E-state index is 4.06. The zero-order valence-electron chi connectivity index (χ0n) is 8.65. The molecule has 0 radical (unpaired) electrons. The molecule has 4 aliphatic carbocycles. The van der Waals surface area contributed by atoms with Gasteiger partial charge in [0.15, 0.2) is 0 Å². The summed E-state index contributed by atoms with van der Waals surface area (Å²) in [6.45, 7) is 5.01. The van der Waals surface area contributed by atoms with Crippen molar-refractivity contribution >= 4 is 15.9 Å². The summed E-state index contributed by atoms with van der Waals surface area (Å²) in [6.07, 6.45) is 7.48. The minimum atomic E-state index is 0.534. The Kier molecular flexibility index (Phi) is 1.58. The van der Waals surface area contributed by atoms with Gasteiger partial charge in [0.2, 0.25) is 0 Å². The Morgan fingerprint density at radius 2 is 1.62 bits per heavy atom. The molecular weight excluding hydrogens is 224 g/mol. The lowest BCUT2D eigenvalue weighted by molar-refractivity contribution is -0.0709. The summed E-state index contributed by atoms with van der Waals surface area (Å²) in [6, 6.07) is 0. The van der Waals surface area contributed by atoms with Crippen LogP contribution >= 0.6 is 15.9 Å². The van der Waals surface area contributed by atoms with Crippen molar-refractivity contribution in [1.29, 1.82) is 0 Å². The van der Waals surface area contributed by atoms with E-state index in [1.54, 1.807) is 0 Å². The number of rotatable bonds is 0. The maximum absolute atomic E-state index is 4.06. The molecule has 0 nitrogen and oxygen atoms in total. The Hall–Kier alpha value is 0.480. The Morgan fingerprint density at radius 3 is 2.08 bits per heavy atom. The fourth-order valence-corrected chi connectivity index (χ4v) is 6.19. The molecule has 4 rings (SSSR count). The number of hydrogen-bond acceptors (Lipinski definition) is 0. The third-order valence-electron chi connectivity index (χ3n) is 5.25. The fraction of sp³-hybridized carbons (Fsp3) is 1.00. The van der Waals surface area contributed by atoms with Crippen LogP contribution in [-0.2, 0) is 0 Å². The van der Waals surface area contributed by atoms with Crippen LogP contribution in [0.2, 0.25) is 0 Å². The van der Waals surface area contributed by atoms with Gasteiger partial charge < -0.3 is 0 Å². The maximum Gasteiger partial charge on any atom is 0.0294 e. The van der Waals surface area contributed by atoms with E-state index in [0.717, 1.165) is 17.8 Å². The number of alkyl halides is 1. The molecule has 13 heavy (non-hydrogen) atoms. The Bertz CT molecular complexity index is 210. The first-order valence-electron chi connectivity index (χ1n) is 5.71. The fourth-order valence-electron chi connectivity index (χ4n) is 4.73. The van der Waals surface area contributed by atoms with Crippen LogP contribution in [0.1, 0.15) is 46.0 Å². The summed E-state index contributed by atoms with van der Waals surface area (Å²) >= 11 is 4.06. The largest absolute Gasteiger partial charge is 0.0850 e. The van der Waals surface area contributed by atoms with Crippen LogP contribution in [-0.4, -0.2) is 4.32 Å². The molecule has 1 heteroatoms. The van der Waals surface area contributed by atoms with E-state index in [-0.39, 0.29) is 0 Å². The normalized spacial score (nSPS) is 64.4. The van der Waals surface area contributed by atoms with E-state index >= 15 is 0 Å². The van der Waals surface area contributed by atoms with Crippen molar-refractivity contribution in [2.24, 2.45) is 23.2 Å². The molecule has 3 atom stereocenters. The molecule has 0 aromatic carbocycles. The van der Waals surface area contributed by atoms with Crippen LogP contribution in [0.5, 0.6) is 0 Å². The molecule has 74 valence electrons. The standard InChI is InChI=1S/C12H19Br/c1-8-11(2)4-9-3-10(5-11)7-12(8,13)6-9/h8-10H,3-7H2,1-2H3. The van der Waals surface area contributed by atoms with Gasteiger partial charge in [-0.15, -0.1) is 0 Å². The van der Waals surface area contributed by atoms with Crippen molar-refractivity contribution < 1.29 is 0 Å². The van der Waals surface area contributed by atoms with Gasteiger partial charge in [0, 0.05) is 4.32 Å². The van der Waals surface area contributed by atoms with Gasteiger partial charge in [0.25, 0.3) is 0 Å². The van der Waals surface area contributed by atoms with E-state index in [9.17, 15) is 0 Å². The monoisotopic (exact) mass is 242 g/mol. The predicted octanol–water partition coefficient (Wildman–Crippen LogP) is 3.99. The number of halogens is 1. The Morgan fingerprint density at radius 1 is 1.08 bits per heavy atom. The smallest absolute Gasteiger partial charge is 0.0294 e. The van der Waals surface area contributed by atoms with E-state index in [1.165, 1.54) is 32.1 Å². The predicted molar refractivity (Wildman–Crippen MR) is 59.0 cm³/mol. The molecular formula is C12H19Br. The molecule has 0 N–H and O–H groups in total. The van der Waals surface area contributed by atoms with Crippen molar-refractivity contribution in [3.8, 4) is 0 Å². The van der Waals surface area contributed by atoms with E-state index < -0.39 is 0 Å². The molecule has 0 aromatic heterocycles. The van der Waals surface area contributed by atoms with Crippen LogP contribution in [0.4, 0.5) is 0 Å². The molecule has 4 bridgehead atoms. The van der Waals surface area contributed by atoms with Crippen molar-refractivity contribution in [2.75, 3.05) is 0 Å². The third kappa shape index (κ3) is 1.03. The molecule has 4 aliphatic rings. The SMILES string of the molecule is CC1C2(C)CC3CC(C2)CC1(Br)C3. The topological polar surface area (TPSA) is 0 Å². The zero-order valence-corrected chi connectivity index (χ0v) is 10.2. The van der Waals surface area contributed by atoms with Crippen molar-refractivity contribution in [3.05, 3.63) is 0 Å². The average Bonchev–Trinajstić information content (AvgIpc) is 1.97. The molecule has 0 saturated heterocycles. The van der Waals surface area contributed by atoms with Crippen LogP contribution in [0.3, 0.4) is 0 Å². The minimum absolute atomic E-state index is 0.534. The Balaban J connectivity index is 2.03.